The van der Waals surface area contributed by atoms with Gasteiger partial charge in [-0.25, -0.2) is 0 Å². The summed E-state index contributed by atoms with van der Waals surface area (Å²) in [5, 5.41) is 0. The second-order valence-corrected chi connectivity index (χ2v) is 8.31. The third-order valence-corrected chi connectivity index (χ3v) is 6.33. The maximum Gasteiger partial charge on any atom is 0.261 e. The van der Waals surface area contributed by atoms with Crippen molar-refractivity contribution < 1.29 is 14.3 Å². The second-order valence-electron chi connectivity index (χ2n) is 8.31. The Balaban J connectivity index is 1.59. The summed E-state index contributed by atoms with van der Waals surface area (Å²) in [6.45, 7) is 5.53. The molecule has 0 spiro atoms. The van der Waals surface area contributed by atoms with Crippen molar-refractivity contribution >= 4 is 11.8 Å². The first-order valence-electron chi connectivity index (χ1n) is 10.1. The van der Waals surface area contributed by atoms with Gasteiger partial charge in [0.2, 0.25) is 0 Å². The predicted octanol–water partition coefficient (Wildman–Crippen LogP) is 4.45. The lowest BCUT2D eigenvalue weighted by atomic mass is 9.68. The van der Waals surface area contributed by atoms with Gasteiger partial charge in [-0.3, -0.25) is 14.5 Å². The number of nitrogens with zero attached hydrogens (tertiary/aromatic N) is 1. The SMILES string of the molecule is CC(C)[C@H]1C[C@@](CCN2C(=O)c3ccccc3C2=O)(c2ccccc2)CCO1. The van der Waals surface area contributed by atoms with Crippen LogP contribution in [-0.4, -0.2) is 36.0 Å². The van der Waals surface area contributed by atoms with E-state index in [0.29, 0.717) is 30.2 Å². The monoisotopic (exact) mass is 377 g/mol. The van der Waals surface area contributed by atoms with E-state index < -0.39 is 0 Å². The Bertz CT molecular complexity index is 841. The fourth-order valence-corrected chi connectivity index (χ4v) is 4.57. The van der Waals surface area contributed by atoms with Crippen molar-refractivity contribution in [3.05, 3.63) is 71.3 Å². The molecule has 2 aliphatic heterocycles. The Kier molecular flexibility index (Phi) is 5.07. The Hall–Kier alpha value is -2.46. The number of hydrogen-bond acceptors (Lipinski definition) is 3. The van der Waals surface area contributed by atoms with E-state index in [2.05, 4.69) is 38.1 Å². The lowest BCUT2D eigenvalue weighted by Crippen LogP contribution is -2.44. The molecular formula is C24H27NO3. The predicted molar refractivity (Wildman–Crippen MR) is 108 cm³/mol. The van der Waals surface area contributed by atoms with E-state index in [9.17, 15) is 9.59 Å². The van der Waals surface area contributed by atoms with E-state index in [4.69, 9.17) is 4.74 Å². The van der Waals surface area contributed by atoms with Crippen LogP contribution >= 0.6 is 0 Å². The maximum absolute atomic E-state index is 12.8. The molecule has 1 fully saturated rings. The van der Waals surface area contributed by atoms with E-state index in [-0.39, 0.29) is 23.3 Å². The highest BCUT2D eigenvalue weighted by atomic mass is 16.5. The van der Waals surface area contributed by atoms with E-state index in [1.165, 1.54) is 10.5 Å². The summed E-state index contributed by atoms with van der Waals surface area (Å²) in [5.41, 5.74) is 2.24. The van der Waals surface area contributed by atoms with Crippen molar-refractivity contribution in [2.24, 2.45) is 5.92 Å². The van der Waals surface area contributed by atoms with E-state index >= 15 is 0 Å². The van der Waals surface area contributed by atoms with E-state index in [1.54, 1.807) is 12.1 Å². The molecule has 4 nitrogen and oxygen atoms in total. The lowest BCUT2D eigenvalue weighted by molar-refractivity contribution is -0.0478. The van der Waals surface area contributed by atoms with Crippen LogP contribution in [0, 0.1) is 5.92 Å². The van der Waals surface area contributed by atoms with Gasteiger partial charge in [-0.15, -0.1) is 0 Å². The fraction of sp³-hybridized carbons (Fsp3) is 0.417. The number of imide groups is 1. The molecule has 2 aromatic carbocycles. The van der Waals surface area contributed by atoms with Gasteiger partial charge >= 0.3 is 0 Å². The number of carbonyl (C=O) groups excluding carboxylic acids is 2. The molecule has 4 heteroatoms. The molecule has 2 heterocycles. The summed E-state index contributed by atoms with van der Waals surface area (Å²) in [4.78, 5) is 27.0. The third-order valence-electron chi connectivity index (χ3n) is 6.33. The van der Waals surface area contributed by atoms with Crippen LogP contribution < -0.4 is 0 Å². The van der Waals surface area contributed by atoms with Gasteiger partial charge in [0.05, 0.1) is 17.2 Å². The van der Waals surface area contributed by atoms with Crippen molar-refractivity contribution in [3.63, 3.8) is 0 Å². The molecule has 1 saturated heterocycles. The van der Waals surface area contributed by atoms with Crippen molar-refractivity contribution in [1.29, 1.82) is 0 Å². The highest BCUT2D eigenvalue weighted by Crippen LogP contribution is 2.42. The minimum absolute atomic E-state index is 0.0796. The number of rotatable bonds is 5. The molecule has 0 aliphatic carbocycles. The molecule has 2 aliphatic rings. The van der Waals surface area contributed by atoms with Crippen LogP contribution in [0.3, 0.4) is 0 Å². The quantitative estimate of drug-likeness (QED) is 0.724. The normalized spacial score (nSPS) is 24.7. The standard InChI is InChI=1S/C24H27NO3/c1-17(2)21-16-24(13-15-28-21,18-8-4-3-5-9-18)12-14-25-22(26)19-10-6-7-11-20(19)23(25)27/h3-11,17,21H,12-16H2,1-2H3/t21-,24+/m1/s1. The Labute approximate surface area is 166 Å². The van der Waals surface area contributed by atoms with Crippen molar-refractivity contribution in [2.75, 3.05) is 13.2 Å². The summed E-state index contributed by atoms with van der Waals surface area (Å²) in [6.07, 6.45) is 2.77. The van der Waals surface area contributed by atoms with Crippen LogP contribution in [0.4, 0.5) is 0 Å². The summed E-state index contributed by atoms with van der Waals surface area (Å²) in [5.74, 6) is 0.0928. The van der Waals surface area contributed by atoms with Crippen LogP contribution in [0.25, 0.3) is 0 Å². The zero-order valence-electron chi connectivity index (χ0n) is 16.6. The van der Waals surface area contributed by atoms with Crippen molar-refractivity contribution in [1.82, 2.24) is 4.90 Å². The number of ether oxygens (including phenoxy) is 1. The van der Waals surface area contributed by atoms with E-state index in [1.807, 2.05) is 18.2 Å². The largest absolute Gasteiger partial charge is 0.378 e. The van der Waals surface area contributed by atoms with Gasteiger partial charge in [0.15, 0.2) is 0 Å². The first-order chi connectivity index (χ1) is 13.5. The Morgan fingerprint density at radius 3 is 2.21 bits per heavy atom. The van der Waals surface area contributed by atoms with Gasteiger partial charge in [0, 0.05) is 18.6 Å². The molecule has 0 bridgehead atoms. The van der Waals surface area contributed by atoms with Crippen molar-refractivity contribution in [3.8, 4) is 0 Å². The first kappa shape index (κ1) is 18.9. The van der Waals surface area contributed by atoms with Crippen LogP contribution in [0.15, 0.2) is 54.6 Å². The van der Waals surface area contributed by atoms with Gasteiger partial charge in [-0.2, -0.15) is 0 Å². The fourth-order valence-electron chi connectivity index (χ4n) is 4.57. The molecule has 2 aromatic rings. The zero-order chi connectivity index (χ0) is 19.7. The molecule has 0 aromatic heterocycles. The Morgan fingerprint density at radius 1 is 1.00 bits per heavy atom. The van der Waals surface area contributed by atoms with Crippen LogP contribution in [0.1, 0.15) is 59.4 Å². The lowest BCUT2D eigenvalue weighted by Gasteiger charge is -2.43. The minimum atomic E-state index is -0.170. The topological polar surface area (TPSA) is 46.6 Å². The number of amides is 2. The highest BCUT2D eigenvalue weighted by Gasteiger charge is 2.42. The summed E-state index contributed by atoms with van der Waals surface area (Å²) < 4.78 is 6.03. The average Bonchev–Trinajstić information content (AvgIpc) is 2.98. The number of hydrogen-bond donors (Lipinski definition) is 0. The molecule has 146 valence electrons. The molecule has 2 atom stereocenters. The molecule has 0 unspecified atom stereocenters. The van der Waals surface area contributed by atoms with Gasteiger partial charge in [0.1, 0.15) is 0 Å². The molecule has 0 saturated carbocycles. The maximum atomic E-state index is 12.8. The van der Waals surface area contributed by atoms with E-state index in [0.717, 1.165) is 19.3 Å². The Morgan fingerprint density at radius 2 is 1.61 bits per heavy atom. The third kappa shape index (κ3) is 3.26. The second kappa shape index (κ2) is 7.51. The zero-order valence-corrected chi connectivity index (χ0v) is 16.6. The summed E-state index contributed by atoms with van der Waals surface area (Å²) in [7, 11) is 0. The van der Waals surface area contributed by atoms with Crippen LogP contribution in [0.5, 0.6) is 0 Å². The van der Waals surface area contributed by atoms with Gasteiger partial charge < -0.3 is 4.74 Å². The van der Waals surface area contributed by atoms with Gasteiger partial charge in [-0.1, -0.05) is 56.3 Å². The molecule has 2 amide bonds. The summed E-state index contributed by atoms with van der Waals surface area (Å²) >= 11 is 0. The smallest absolute Gasteiger partial charge is 0.261 e. The highest BCUT2D eigenvalue weighted by molar-refractivity contribution is 6.21. The van der Waals surface area contributed by atoms with Crippen LogP contribution in [-0.2, 0) is 10.2 Å². The number of carbonyl (C=O) groups is 2. The molecular weight excluding hydrogens is 350 g/mol. The molecule has 0 radical (unpaired) electrons. The first-order valence-corrected chi connectivity index (χ1v) is 10.1. The summed E-state index contributed by atoms with van der Waals surface area (Å²) in [6, 6.07) is 17.6. The van der Waals surface area contributed by atoms with Gasteiger partial charge in [-0.05, 0) is 42.9 Å². The molecule has 0 N–H and O–H groups in total. The van der Waals surface area contributed by atoms with Gasteiger partial charge in [0.25, 0.3) is 11.8 Å². The molecule has 28 heavy (non-hydrogen) atoms. The number of fused-ring (bicyclic) bond motifs is 1. The number of benzene rings is 2. The average molecular weight is 377 g/mol. The van der Waals surface area contributed by atoms with Crippen molar-refractivity contribution in [2.45, 2.75) is 44.6 Å². The van der Waals surface area contributed by atoms with Crippen LogP contribution in [0.2, 0.25) is 0 Å². The minimum Gasteiger partial charge on any atom is -0.378 e. The molecule has 4 rings (SSSR count).